The van der Waals surface area contributed by atoms with E-state index >= 15 is 0 Å². The maximum absolute atomic E-state index is 12.0. The lowest BCUT2D eigenvalue weighted by atomic mass is 10.2. The number of benzene rings is 1. The zero-order chi connectivity index (χ0) is 16.0. The Hall–Kier alpha value is -0.660. The number of nitrogens with one attached hydrogen (secondary N) is 1. The van der Waals surface area contributed by atoms with Crippen LogP contribution in [0.2, 0.25) is 5.02 Å². The summed E-state index contributed by atoms with van der Waals surface area (Å²) >= 11 is 5.80. The number of sulfonamides is 1. The molecule has 2 rings (SSSR count). The van der Waals surface area contributed by atoms with Crippen molar-refractivity contribution in [3.05, 3.63) is 34.9 Å². The van der Waals surface area contributed by atoms with E-state index in [2.05, 4.69) is 21.6 Å². The van der Waals surface area contributed by atoms with E-state index in [9.17, 15) is 8.42 Å². The molecule has 0 aliphatic carbocycles. The SMILES string of the molecule is CN1CCN(CCCNS(=O)(=O)Cc2ccc(Cl)cc2)CC1. The molecule has 0 spiro atoms. The fraction of sp³-hybridized carbons (Fsp3) is 0.600. The van der Waals surface area contributed by atoms with Crippen molar-refractivity contribution in [2.75, 3.05) is 46.3 Å². The van der Waals surface area contributed by atoms with Gasteiger partial charge < -0.3 is 9.80 Å². The molecule has 0 amide bonds. The van der Waals surface area contributed by atoms with Gasteiger partial charge in [-0.05, 0) is 37.7 Å². The molecule has 7 heteroatoms. The van der Waals surface area contributed by atoms with Crippen LogP contribution >= 0.6 is 11.6 Å². The standard InChI is InChI=1S/C15H24ClN3O2S/c1-18-9-11-19(12-10-18)8-2-7-17-22(20,21)13-14-3-5-15(16)6-4-14/h3-6,17H,2,7-13H2,1H3. The van der Waals surface area contributed by atoms with Crippen LogP contribution in [0.1, 0.15) is 12.0 Å². The van der Waals surface area contributed by atoms with Crippen molar-refractivity contribution in [3.63, 3.8) is 0 Å². The number of nitrogens with zero attached hydrogens (tertiary/aromatic N) is 2. The van der Waals surface area contributed by atoms with E-state index < -0.39 is 10.0 Å². The number of rotatable bonds is 7. The molecule has 1 aromatic carbocycles. The monoisotopic (exact) mass is 345 g/mol. The zero-order valence-corrected chi connectivity index (χ0v) is 14.5. The summed E-state index contributed by atoms with van der Waals surface area (Å²) in [5, 5.41) is 0.612. The van der Waals surface area contributed by atoms with Gasteiger partial charge in [-0.1, -0.05) is 23.7 Å². The fourth-order valence-electron chi connectivity index (χ4n) is 2.45. The van der Waals surface area contributed by atoms with E-state index in [1.165, 1.54) is 0 Å². The summed E-state index contributed by atoms with van der Waals surface area (Å²) in [7, 11) is -1.15. The Balaban J connectivity index is 1.68. The highest BCUT2D eigenvalue weighted by molar-refractivity contribution is 7.88. The maximum Gasteiger partial charge on any atom is 0.215 e. The summed E-state index contributed by atoms with van der Waals surface area (Å²) in [6.07, 6.45) is 0.837. The van der Waals surface area contributed by atoms with Gasteiger partial charge in [-0.25, -0.2) is 13.1 Å². The van der Waals surface area contributed by atoms with Crippen LogP contribution in [-0.2, 0) is 15.8 Å². The zero-order valence-electron chi connectivity index (χ0n) is 13.0. The summed E-state index contributed by atoms with van der Waals surface area (Å²) in [5.74, 6) is -0.00131. The van der Waals surface area contributed by atoms with Gasteiger partial charge >= 0.3 is 0 Å². The van der Waals surface area contributed by atoms with Gasteiger partial charge in [0.15, 0.2) is 0 Å². The van der Waals surface area contributed by atoms with Gasteiger partial charge in [-0.15, -0.1) is 0 Å². The summed E-state index contributed by atoms with van der Waals surface area (Å²) in [6, 6.07) is 6.90. The highest BCUT2D eigenvalue weighted by Crippen LogP contribution is 2.11. The average molecular weight is 346 g/mol. The minimum absolute atomic E-state index is 0.00131. The van der Waals surface area contributed by atoms with Crippen LogP contribution < -0.4 is 4.72 Å². The minimum atomic E-state index is -3.28. The molecular formula is C15H24ClN3O2S. The van der Waals surface area contributed by atoms with Crippen molar-refractivity contribution in [1.29, 1.82) is 0 Å². The van der Waals surface area contributed by atoms with Crippen molar-refractivity contribution < 1.29 is 8.42 Å². The first-order chi connectivity index (χ1) is 10.4. The van der Waals surface area contributed by atoms with E-state index in [1.54, 1.807) is 24.3 Å². The molecule has 0 unspecified atom stereocenters. The molecule has 1 aliphatic rings. The molecule has 0 bridgehead atoms. The van der Waals surface area contributed by atoms with Gasteiger partial charge in [0, 0.05) is 37.7 Å². The predicted octanol–water partition coefficient (Wildman–Crippen LogP) is 1.40. The predicted molar refractivity (Wildman–Crippen MR) is 90.6 cm³/mol. The van der Waals surface area contributed by atoms with E-state index in [-0.39, 0.29) is 5.75 Å². The number of piperazine rings is 1. The van der Waals surface area contributed by atoms with Crippen LogP contribution in [0, 0.1) is 0 Å². The van der Waals surface area contributed by atoms with Crippen molar-refractivity contribution >= 4 is 21.6 Å². The molecule has 22 heavy (non-hydrogen) atoms. The number of hydrogen-bond donors (Lipinski definition) is 1. The Kier molecular flexibility index (Phi) is 6.65. The fourth-order valence-corrected chi connectivity index (χ4v) is 3.77. The lowest BCUT2D eigenvalue weighted by Gasteiger charge is -2.32. The second-order valence-corrected chi connectivity index (χ2v) is 8.02. The second kappa shape index (κ2) is 8.26. The number of likely N-dealkylation sites (N-methyl/N-ethyl adjacent to an activating group) is 1. The molecule has 124 valence electrons. The molecule has 1 fully saturated rings. The summed E-state index contributed by atoms with van der Waals surface area (Å²) < 4.78 is 26.7. The topological polar surface area (TPSA) is 52.6 Å². The highest BCUT2D eigenvalue weighted by atomic mass is 35.5. The summed E-state index contributed by atoms with van der Waals surface area (Å²) in [5.41, 5.74) is 0.746. The van der Waals surface area contributed by atoms with Gasteiger partial charge in [0.2, 0.25) is 10.0 Å². The average Bonchev–Trinajstić information content (AvgIpc) is 2.48. The lowest BCUT2D eigenvalue weighted by molar-refractivity contribution is 0.153. The summed E-state index contributed by atoms with van der Waals surface area (Å²) in [6.45, 7) is 5.73. The Labute approximate surface area is 138 Å². The first-order valence-electron chi connectivity index (χ1n) is 7.57. The van der Waals surface area contributed by atoms with Gasteiger partial charge in [0.1, 0.15) is 0 Å². The van der Waals surface area contributed by atoms with Gasteiger partial charge in [0.05, 0.1) is 5.75 Å². The minimum Gasteiger partial charge on any atom is -0.304 e. The van der Waals surface area contributed by atoms with Crippen LogP contribution in [0.4, 0.5) is 0 Å². The van der Waals surface area contributed by atoms with E-state index in [0.717, 1.165) is 44.7 Å². The van der Waals surface area contributed by atoms with Gasteiger partial charge in [0.25, 0.3) is 0 Å². The first kappa shape index (κ1) is 17.7. The highest BCUT2D eigenvalue weighted by Gasteiger charge is 2.14. The molecule has 1 heterocycles. The molecule has 1 N–H and O–H groups in total. The van der Waals surface area contributed by atoms with Gasteiger partial charge in [-0.2, -0.15) is 0 Å². The van der Waals surface area contributed by atoms with Crippen LogP contribution in [0.3, 0.4) is 0 Å². The molecule has 1 aliphatic heterocycles. The number of hydrogen-bond acceptors (Lipinski definition) is 4. The maximum atomic E-state index is 12.0. The lowest BCUT2D eigenvalue weighted by Crippen LogP contribution is -2.45. The third-order valence-electron chi connectivity index (χ3n) is 3.84. The van der Waals surface area contributed by atoms with Crippen LogP contribution in [0.25, 0.3) is 0 Å². The largest absolute Gasteiger partial charge is 0.304 e. The van der Waals surface area contributed by atoms with E-state index in [4.69, 9.17) is 11.6 Å². The third kappa shape index (κ3) is 6.22. The first-order valence-corrected chi connectivity index (χ1v) is 9.60. The molecule has 1 saturated heterocycles. The smallest absolute Gasteiger partial charge is 0.215 e. The van der Waals surface area contributed by atoms with Crippen LogP contribution in [0.5, 0.6) is 0 Å². The molecule has 0 atom stereocenters. The quantitative estimate of drug-likeness (QED) is 0.759. The van der Waals surface area contributed by atoms with Crippen molar-refractivity contribution in [1.82, 2.24) is 14.5 Å². The number of halogens is 1. The Morgan fingerprint density at radius 1 is 1.14 bits per heavy atom. The third-order valence-corrected chi connectivity index (χ3v) is 5.45. The Morgan fingerprint density at radius 2 is 1.77 bits per heavy atom. The van der Waals surface area contributed by atoms with E-state index in [0.29, 0.717) is 11.6 Å². The van der Waals surface area contributed by atoms with Crippen LogP contribution in [0.15, 0.2) is 24.3 Å². The van der Waals surface area contributed by atoms with Crippen molar-refractivity contribution in [2.24, 2.45) is 0 Å². The van der Waals surface area contributed by atoms with Crippen LogP contribution in [-0.4, -0.2) is 64.5 Å². The molecule has 5 nitrogen and oxygen atoms in total. The Bertz CT molecular complexity index is 555. The molecular weight excluding hydrogens is 322 g/mol. The molecule has 1 aromatic rings. The van der Waals surface area contributed by atoms with Crippen molar-refractivity contribution in [3.8, 4) is 0 Å². The second-order valence-electron chi connectivity index (χ2n) is 5.78. The molecule has 0 radical (unpaired) electrons. The normalized spacial score (nSPS) is 17.7. The van der Waals surface area contributed by atoms with E-state index in [1.807, 2.05) is 0 Å². The molecule has 0 aromatic heterocycles. The molecule has 0 saturated carbocycles. The summed E-state index contributed by atoms with van der Waals surface area (Å²) in [4.78, 5) is 4.69. The van der Waals surface area contributed by atoms with Gasteiger partial charge in [-0.3, -0.25) is 0 Å². The van der Waals surface area contributed by atoms with Crippen molar-refractivity contribution in [2.45, 2.75) is 12.2 Å². The Morgan fingerprint density at radius 3 is 2.41 bits per heavy atom.